The van der Waals surface area contributed by atoms with Gasteiger partial charge < -0.3 is 5.32 Å². The van der Waals surface area contributed by atoms with E-state index in [1.807, 2.05) is 6.92 Å². The van der Waals surface area contributed by atoms with Gasteiger partial charge in [0.25, 0.3) is 11.6 Å². The predicted molar refractivity (Wildman–Crippen MR) is 75.0 cm³/mol. The lowest BCUT2D eigenvalue weighted by Gasteiger charge is -2.13. The lowest BCUT2D eigenvalue weighted by Crippen LogP contribution is -2.32. The van der Waals surface area contributed by atoms with Gasteiger partial charge in [-0.05, 0) is 25.8 Å². The second-order valence-corrected chi connectivity index (χ2v) is 4.98. The van der Waals surface area contributed by atoms with Gasteiger partial charge in [0.15, 0.2) is 0 Å². The Kier molecular flexibility index (Phi) is 6.05. The summed E-state index contributed by atoms with van der Waals surface area (Å²) >= 11 is 11.3. The highest BCUT2D eigenvalue weighted by Gasteiger charge is 2.15. The van der Waals surface area contributed by atoms with E-state index in [4.69, 9.17) is 23.2 Å². The number of alkyl halides is 1. The van der Waals surface area contributed by atoms with Gasteiger partial charge in [0.1, 0.15) is 0 Å². The first-order valence-electron chi connectivity index (χ1n) is 5.76. The van der Waals surface area contributed by atoms with Crippen molar-refractivity contribution in [1.29, 1.82) is 0 Å². The molecule has 0 spiro atoms. The smallest absolute Gasteiger partial charge is 0.271 e. The minimum Gasteiger partial charge on any atom is -0.350 e. The van der Waals surface area contributed by atoms with Crippen molar-refractivity contribution in [3.05, 3.63) is 38.9 Å². The number of non-ortho nitro benzene ring substituents is 1. The Morgan fingerprint density at radius 3 is 2.74 bits per heavy atom. The fourth-order valence-corrected chi connectivity index (χ4v) is 1.96. The van der Waals surface area contributed by atoms with Crippen LogP contribution in [0.5, 0.6) is 0 Å². The summed E-state index contributed by atoms with van der Waals surface area (Å²) in [6.07, 6.45) is 1.54. The van der Waals surface area contributed by atoms with Crippen molar-refractivity contribution in [2.24, 2.45) is 0 Å². The molecule has 7 heteroatoms. The number of halogens is 2. The van der Waals surface area contributed by atoms with Gasteiger partial charge in [-0.2, -0.15) is 0 Å². The van der Waals surface area contributed by atoms with Gasteiger partial charge in [0.05, 0.1) is 4.92 Å². The van der Waals surface area contributed by atoms with Crippen molar-refractivity contribution in [2.75, 3.05) is 5.88 Å². The van der Waals surface area contributed by atoms with Crippen LogP contribution in [0.3, 0.4) is 0 Å². The molecule has 0 aromatic heterocycles. The van der Waals surface area contributed by atoms with Gasteiger partial charge in [0.2, 0.25) is 0 Å². The standard InChI is InChI=1S/C12H14Cl2N2O3/c1-8(3-2-4-13)15-12(17)9-5-10(14)7-11(6-9)16(18)19/h5-8H,2-4H2,1H3,(H,15,17). The number of benzene rings is 1. The van der Waals surface area contributed by atoms with Crippen LogP contribution in [0.1, 0.15) is 30.1 Å². The summed E-state index contributed by atoms with van der Waals surface area (Å²) in [7, 11) is 0. The third-order valence-electron chi connectivity index (χ3n) is 2.50. The zero-order valence-electron chi connectivity index (χ0n) is 10.4. The Morgan fingerprint density at radius 2 is 2.16 bits per heavy atom. The zero-order chi connectivity index (χ0) is 14.4. The zero-order valence-corrected chi connectivity index (χ0v) is 11.9. The summed E-state index contributed by atoms with van der Waals surface area (Å²) in [6.45, 7) is 1.85. The number of nitrogens with one attached hydrogen (secondary N) is 1. The molecule has 0 fully saturated rings. The van der Waals surface area contributed by atoms with Crippen molar-refractivity contribution in [3.63, 3.8) is 0 Å². The highest BCUT2D eigenvalue weighted by atomic mass is 35.5. The maximum Gasteiger partial charge on any atom is 0.271 e. The lowest BCUT2D eigenvalue weighted by atomic mass is 10.1. The van der Waals surface area contributed by atoms with Gasteiger partial charge in [-0.1, -0.05) is 11.6 Å². The predicted octanol–water partition coefficient (Wildman–Crippen LogP) is 3.39. The molecule has 1 aromatic carbocycles. The summed E-state index contributed by atoms with van der Waals surface area (Å²) in [4.78, 5) is 22.0. The molecule has 1 atom stereocenters. The maximum atomic E-state index is 11.9. The Hall–Kier alpha value is -1.33. The molecule has 104 valence electrons. The molecule has 1 rings (SSSR count). The minimum atomic E-state index is -0.584. The van der Waals surface area contributed by atoms with Crippen molar-refractivity contribution in [2.45, 2.75) is 25.8 Å². The molecule has 1 amide bonds. The van der Waals surface area contributed by atoms with Crippen LogP contribution < -0.4 is 5.32 Å². The van der Waals surface area contributed by atoms with Crippen molar-refractivity contribution < 1.29 is 9.72 Å². The number of hydrogen-bond acceptors (Lipinski definition) is 3. The normalized spacial score (nSPS) is 11.9. The molecule has 5 nitrogen and oxygen atoms in total. The van der Waals surface area contributed by atoms with E-state index >= 15 is 0 Å². The van der Waals surface area contributed by atoms with Gasteiger partial charge in [-0.3, -0.25) is 14.9 Å². The van der Waals surface area contributed by atoms with E-state index in [1.165, 1.54) is 18.2 Å². The molecule has 19 heavy (non-hydrogen) atoms. The largest absolute Gasteiger partial charge is 0.350 e. The molecule has 1 unspecified atom stereocenters. The molecule has 0 radical (unpaired) electrons. The number of nitro groups is 1. The molecule has 0 saturated carbocycles. The number of carbonyl (C=O) groups excluding carboxylic acids is 1. The number of amides is 1. The first kappa shape index (κ1) is 15.7. The molecule has 0 aliphatic carbocycles. The lowest BCUT2D eigenvalue weighted by molar-refractivity contribution is -0.384. The van der Waals surface area contributed by atoms with Crippen LogP contribution in [-0.4, -0.2) is 22.8 Å². The molecule has 1 aromatic rings. The van der Waals surface area contributed by atoms with Crippen molar-refractivity contribution in [1.82, 2.24) is 5.32 Å². The van der Waals surface area contributed by atoms with Crippen LogP contribution in [0.2, 0.25) is 5.02 Å². The van der Waals surface area contributed by atoms with E-state index in [0.717, 1.165) is 12.8 Å². The van der Waals surface area contributed by atoms with Crippen molar-refractivity contribution in [3.8, 4) is 0 Å². The summed E-state index contributed by atoms with van der Waals surface area (Å²) < 4.78 is 0. The second-order valence-electron chi connectivity index (χ2n) is 4.16. The number of nitro benzene ring substituents is 1. The third-order valence-corrected chi connectivity index (χ3v) is 2.99. The minimum absolute atomic E-state index is 0.0516. The van der Waals surface area contributed by atoms with Gasteiger partial charge >= 0.3 is 0 Å². The maximum absolute atomic E-state index is 11.9. The van der Waals surface area contributed by atoms with Gasteiger partial charge in [0, 0.05) is 34.6 Å². The highest BCUT2D eigenvalue weighted by Crippen LogP contribution is 2.21. The molecular weight excluding hydrogens is 291 g/mol. The molecule has 0 aliphatic heterocycles. The average molecular weight is 305 g/mol. The summed E-state index contributed by atoms with van der Waals surface area (Å²) in [5.41, 5.74) is -0.0250. The van der Waals surface area contributed by atoms with Crippen LogP contribution in [0.25, 0.3) is 0 Å². The van der Waals surface area contributed by atoms with E-state index in [-0.39, 0.29) is 28.2 Å². The molecule has 0 bridgehead atoms. The fraction of sp³-hybridized carbons (Fsp3) is 0.417. The number of hydrogen-bond donors (Lipinski definition) is 1. The van der Waals surface area contributed by atoms with Crippen LogP contribution in [0, 0.1) is 10.1 Å². The Morgan fingerprint density at radius 1 is 1.47 bits per heavy atom. The molecule has 1 N–H and O–H groups in total. The Balaban J connectivity index is 2.79. The third kappa shape index (κ3) is 5.04. The van der Waals surface area contributed by atoms with E-state index in [2.05, 4.69) is 5.32 Å². The first-order valence-corrected chi connectivity index (χ1v) is 6.67. The number of carbonyl (C=O) groups is 1. The Labute approximate surface area is 121 Å². The van der Waals surface area contributed by atoms with Crippen LogP contribution in [0.4, 0.5) is 5.69 Å². The van der Waals surface area contributed by atoms with Crippen LogP contribution in [-0.2, 0) is 0 Å². The summed E-state index contributed by atoms with van der Waals surface area (Å²) in [5.74, 6) is 0.149. The number of nitrogens with zero attached hydrogens (tertiary/aromatic N) is 1. The average Bonchev–Trinajstić information content (AvgIpc) is 2.35. The monoisotopic (exact) mass is 304 g/mol. The quantitative estimate of drug-likeness (QED) is 0.497. The highest BCUT2D eigenvalue weighted by molar-refractivity contribution is 6.31. The van der Waals surface area contributed by atoms with E-state index in [0.29, 0.717) is 5.88 Å². The number of rotatable bonds is 6. The van der Waals surface area contributed by atoms with Gasteiger partial charge in [-0.25, -0.2) is 0 Å². The molecule has 0 saturated heterocycles. The van der Waals surface area contributed by atoms with E-state index in [1.54, 1.807) is 0 Å². The van der Waals surface area contributed by atoms with Gasteiger partial charge in [-0.15, -0.1) is 11.6 Å². The molecule has 0 aliphatic rings. The Bertz CT molecular complexity index is 480. The van der Waals surface area contributed by atoms with Crippen LogP contribution >= 0.6 is 23.2 Å². The van der Waals surface area contributed by atoms with E-state index < -0.39 is 4.92 Å². The SMILES string of the molecule is CC(CCCCl)NC(=O)c1cc(Cl)cc([N+](=O)[O-])c1. The molecule has 0 heterocycles. The second kappa shape index (κ2) is 7.31. The van der Waals surface area contributed by atoms with Crippen molar-refractivity contribution >= 4 is 34.8 Å². The summed E-state index contributed by atoms with van der Waals surface area (Å²) in [5, 5.41) is 13.6. The molecular formula is C12H14Cl2N2O3. The summed E-state index contributed by atoms with van der Waals surface area (Å²) in [6, 6.07) is 3.76. The van der Waals surface area contributed by atoms with E-state index in [9.17, 15) is 14.9 Å². The topological polar surface area (TPSA) is 72.2 Å². The fourth-order valence-electron chi connectivity index (χ4n) is 1.57. The first-order chi connectivity index (χ1) is 8.93. The van der Waals surface area contributed by atoms with Crippen LogP contribution in [0.15, 0.2) is 18.2 Å².